The molecule has 0 atom stereocenters. The number of nitrogens with one attached hydrogen (secondary N) is 1. The number of nitrogens with zero attached hydrogens (tertiary/aromatic N) is 2. The summed E-state index contributed by atoms with van der Waals surface area (Å²) in [6.45, 7) is 12.4. The lowest BCUT2D eigenvalue weighted by Gasteiger charge is -2.13. The third-order valence-corrected chi connectivity index (χ3v) is 6.72. The quantitative estimate of drug-likeness (QED) is 0.453. The number of fused-ring (bicyclic) bond motifs is 1. The van der Waals surface area contributed by atoms with Gasteiger partial charge >= 0.3 is 0 Å². The van der Waals surface area contributed by atoms with Crippen molar-refractivity contribution in [1.29, 1.82) is 0 Å². The van der Waals surface area contributed by atoms with E-state index in [4.69, 9.17) is 4.98 Å². The molecule has 0 aliphatic heterocycles. The van der Waals surface area contributed by atoms with Gasteiger partial charge in [0.15, 0.2) is 0 Å². The van der Waals surface area contributed by atoms with Crippen LogP contribution >= 0.6 is 23.1 Å². The van der Waals surface area contributed by atoms with E-state index in [9.17, 15) is 4.79 Å². The number of aromatic nitrogens is 2. The van der Waals surface area contributed by atoms with Gasteiger partial charge in [-0.3, -0.25) is 4.79 Å². The Hall–Kier alpha value is -1.92. The van der Waals surface area contributed by atoms with Crippen molar-refractivity contribution >= 4 is 44.9 Å². The highest BCUT2D eigenvalue weighted by atomic mass is 32.2. The van der Waals surface area contributed by atoms with Crippen molar-refractivity contribution in [1.82, 2.24) is 9.97 Å². The van der Waals surface area contributed by atoms with Crippen LogP contribution < -0.4 is 5.32 Å². The summed E-state index contributed by atoms with van der Waals surface area (Å²) in [6, 6.07) is 4.18. The minimum Gasteiger partial charge on any atom is -0.325 e. The van der Waals surface area contributed by atoms with Crippen molar-refractivity contribution in [2.45, 2.75) is 53.0 Å². The van der Waals surface area contributed by atoms with Crippen molar-refractivity contribution in [2.75, 3.05) is 11.1 Å². The smallest absolute Gasteiger partial charge is 0.234 e. The van der Waals surface area contributed by atoms with Crippen molar-refractivity contribution in [3.05, 3.63) is 45.1 Å². The van der Waals surface area contributed by atoms with Gasteiger partial charge in [0.1, 0.15) is 15.7 Å². The summed E-state index contributed by atoms with van der Waals surface area (Å²) < 4.78 is 0. The van der Waals surface area contributed by atoms with Crippen LogP contribution in [0.5, 0.6) is 0 Å². The Morgan fingerprint density at radius 3 is 2.41 bits per heavy atom. The van der Waals surface area contributed by atoms with E-state index >= 15 is 0 Å². The van der Waals surface area contributed by atoms with Gasteiger partial charge in [-0.15, -0.1) is 11.3 Å². The zero-order valence-electron chi connectivity index (χ0n) is 16.7. The molecule has 0 saturated carbocycles. The lowest BCUT2D eigenvalue weighted by atomic mass is 10.1. The number of amides is 1. The van der Waals surface area contributed by atoms with Crippen molar-refractivity contribution in [3.63, 3.8) is 0 Å². The van der Waals surface area contributed by atoms with Crippen LogP contribution in [-0.2, 0) is 11.2 Å². The van der Waals surface area contributed by atoms with Crippen LogP contribution in [0.2, 0.25) is 0 Å². The average Bonchev–Trinajstić information content (AvgIpc) is 2.90. The van der Waals surface area contributed by atoms with Gasteiger partial charge in [-0.25, -0.2) is 9.97 Å². The largest absolute Gasteiger partial charge is 0.325 e. The van der Waals surface area contributed by atoms with Gasteiger partial charge < -0.3 is 5.32 Å². The highest BCUT2D eigenvalue weighted by Crippen LogP contribution is 2.35. The fourth-order valence-electron chi connectivity index (χ4n) is 3.20. The van der Waals surface area contributed by atoms with Gasteiger partial charge in [-0.05, 0) is 51.3 Å². The van der Waals surface area contributed by atoms with E-state index in [1.807, 2.05) is 13.8 Å². The Bertz CT molecular complexity index is 1000. The molecule has 0 saturated heterocycles. The lowest BCUT2D eigenvalue weighted by molar-refractivity contribution is -0.113. The first kappa shape index (κ1) is 19.8. The third kappa shape index (κ3) is 4.17. The number of benzene rings is 1. The molecule has 4 nitrogen and oxygen atoms in total. The van der Waals surface area contributed by atoms with Gasteiger partial charge in [-0.1, -0.05) is 36.4 Å². The van der Waals surface area contributed by atoms with Crippen molar-refractivity contribution < 1.29 is 4.79 Å². The van der Waals surface area contributed by atoms with E-state index in [2.05, 4.69) is 50.1 Å². The second-order valence-electron chi connectivity index (χ2n) is 6.87. The van der Waals surface area contributed by atoms with Gasteiger partial charge in [0.2, 0.25) is 5.91 Å². The maximum atomic E-state index is 12.6. The molecule has 2 heterocycles. The maximum Gasteiger partial charge on any atom is 0.234 e. The summed E-state index contributed by atoms with van der Waals surface area (Å²) in [5.41, 5.74) is 5.51. The zero-order valence-corrected chi connectivity index (χ0v) is 18.3. The number of hydrogen-bond acceptors (Lipinski definition) is 5. The van der Waals surface area contributed by atoms with Gasteiger partial charge in [0.05, 0.1) is 5.75 Å². The predicted octanol–water partition coefficient (Wildman–Crippen LogP) is 5.53. The Morgan fingerprint density at radius 1 is 1.11 bits per heavy atom. The Balaban J connectivity index is 1.81. The highest BCUT2D eigenvalue weighted by Gasteiger charge is 2.16. The van der Waals surface area contributed by atoms with E-state index in [1.165, 1.54) is 27.8 Å². The fraction of sp³-hybridized carbons (Fsp3) is 0.381. The van der Waals surface area contributed by atoms with Gasteiger partial charge in [-0.2, -0.15) is 0 Å². The molecule has 0 spiro atoms. The second kappa shape index (κ2) is 7.98. The molecule has 0 unspecified atom stereocenters. The third-order valence-electron chi connectivity index (χ3n) is 4.64. The van der Waals surface area contributed by atoms with Crippen LogP contribution in [0.25, 0.3) is 10.2 Å². The molecule has 0 radical (unpaired) electrons. The molecule has 3 rings (SSSR count). The molecule has 1 aromatic carbocycles. The van der Waals surface area contributed by atoms with Gasteiger partial charge in [0, 0.05) is 22.4 Å². The number of carbonyl (C=O) groups excluding carboxylic acids is 1. The number of thioether (sulfide) groups is 1. The number of aryl methyl sites for hydroxylation is 6. The monoisotopic (exact) mass is 399 g/mol. The van der Waals surface area contributed by atoms with E-state index < -0.39 is 0 Å². The van der Waals surface area contributed by atoms with E-state index in [0.29, 0.717) is 5.75 Å². The Kier molecular flexibility index (Phi) is 5.86. The minimum atomic E-state index is -0.00975. The summed E-state index contributed by atoms with van der Waals surface area (Å²) in [7, 11) is 0. The molecule has 2 aromatic heterocycles. The molecule has 0 aliphatic carbocycles. The summed E-state index contributed by atoms with van der Waals surface area (Å²) >= 11 is 3.19. The summed E-state index contributed by atoms with van der Waals surface area (Å²) in [6.07, 6.45) is 0.785. The van der Waals surface area contributed by atoms with Crippen molar-refractivity contribution in [3.8, 4) is 0 Å². The number of thiophene rings is 1. The number of anilines is 1. The summed E-state index contributed by atoms with van der Waals surface area (Å²) in [5.74, 6) is 1.15. The van der Waals surface area contributed by atoms with E-state index in [1.54, 1.807) is 11.3 Å². The molecule has 6 heteroatoms. The number of carbonyl (C=O) groups is 1. The van der Waals surface area contributed by atoms with Crippen molar-refractivity contribution in [2.24, 2.45) is 0 Å². The van der Waals surface area contributed by atoms with Crippen LogP contribution in [0.4, 0.5) is 5.69 Å². The molecule has 142 valence electrons. The Morgan fingerprint density at radius 2 is 1.78 bits per heavy atom. The summed E-state index contributed by atoms with van der Waals surface area (Å²) in [4.78, 5) is 24.2. The minimum absolute atomic E-state index is 0.00975. The van der Waals surface area contributed by atoms with Gasteiger partial charge in [0.25, 0.3) is 0 Å². The topological polar surface area (TPSA) is 54.9 Å². The molecule has 0 fully saturated rings. The van der Waals surface area contributed by atoms with Crippen LogP contribution in [-0.4, -0.2) is 21.6 Å². The molecule has 0 aliphatic rings. The highest BCUT2D eigenvalue weighted by molar-refractivity contribution is 8.00. The van der Waals surface area contributed by atoms with Crippen LogP contribution in [0.1, 0.15) is 39.9 Å². The number of hydrogen-bond donors (Lipinski definition) is 1. The molecule has 27 heavy (non-hydrogen) atoms. The first-order chi connectivity index (χ1) is 12.8. The molecular formula is C21H25N3OS2. The van der Waals surface area contributed by atoms with E-state index in [-0.39, 0.29) is 5.91 Å². The standard InChI is InChI=1S/C21H25N3OS2/c1-7-16-22-20(18-14(5)15(6)27-21(18)23-16)26-10-17(25)24-19-12(3)8-11(2)9-13(19)4/h8-9H,7,10H2,1-6H3,(H,24,25). The zero-order chi connectivity index (χ0) is 19.7. The normalized spacial score (nSPS) is 11.2. The summed E-state index contributed by atoms with van der Waals surface area (Å²) in [5, 5.41) is 5.07. The molecule has 0 bridgehead atoms. The van der Waals surface area contributed by atoms with E-state index in [0.717, 1.165) is 44.3 Å². The molecular weight excluding hydrogens is 374 g/mol. The van der Waals surface area contributed by atoms with Crippen LogP contribution in [0.3, 0.4) is 0 Å². The van der Waals surface area contributed by atoms with Crippen LogP contribution in [0, 0.1) is 34.6 Å². The SMILES string of the molecule is CCc1nc(SCC(=O)Nc2c(C)cc(C)cc2C)c2c(C)c(C)sc2n1. The Labute approximate surface area is 168 Å². The predicted molar refractivity (Wildman–Crippen MR) is 116 cm³/mol. The second-order valence-corrected chi connectivity index (χ2v) is 9.04. The molecule has 1 amide bonds. The lowest BCUT2D eigenvalue weighted by Crippen LogP contribution is -2.16. The molecule has 3 aromatic rings. The first-order valence-corrected chi connectivity index (χ1v) is 10.9. The van der Waals surface area contributed by atoms with Crippen LogP contribution in [0.15, 0.2) is 17.2 Å². The first-order valence-electron chi connectivity index (χ1n) is 9.07. The maximum absolute atomic E-state index is 12.6. The molecule has 1 N–H and O–H groups in total. The number of rotatable bonds is 5. The fourth-order valence-corrected chi connectivity index (χ4v) is 5.22. The average molecular weight is 400 g/mol.